The van der Waals surface area contributed by atoms with Gasteiger partial charge in [-0.3, -0.25) is 0 Å². The molecule has 0 saturated carbocycles. The Morgan fingerprint density at radius 1 is 1.64 bits per heavy atom. The summed E-state index contributed by atoms with van der Waals surface area (Å²) in [4.78, 5) is 15.4. The van der Waals surface area contributed by atoms with E-state index in [2.05, 4.69) is 4.98 Å². The van der Waals surface area contributed by atoms with Gasteiger partial charge in [-0.25, -0.2) is 9.78 Å². The number of aromatic nitrogens is 1. The summed E-state index contributed by atoms with van der Waals surface area (Å²) in [5.41, 5.74) is 0.928. The Kier molecular flexibility index (Phi) is 2.09. The summed E-state index contributed by atoms with van der Waals surface area (Å²) in [7, 11) is 0. The summed E-state index contributed by atoms with van der Waals surface area (Å²) in [6, 6.07) is 1.75. The van der Waals surface area contributed by atoms with E-state index in [1.165, 1.54) is 17.6 Å². The van der Waals surface area contributed by atoms with Crippen LogP contribution in [-0.2, 0) is 0 Å². The molecule has 0 fully saturated rings. The van der Waals surface area contributed by atoms with Crippen LogP contribution in [-0.4, -0.2) is 16.1 Å². The van der Waals surface area contributed by atoms with Crippen molar-refractivity contribution in [1.82, 2.24) is 4.98 Å². The van der Waals surface area contributed by atoms with Gasteiger partial charge in [-0.2, -0.15) is 0 Å². The number of thiazole rings is 1. The third kappa shape index (κ3) is 1.42. The molecular weight excluding hydrogens is 202 g/mol. The maximum absolute atomic E-state index is 10.7. The molecule has 72 valence electrons. The molecule has 2 aromatic rings. The van der Waals surface area contributed by atoms with Gasteiger partial charge in [0.2, 0.25) is 0 Å². The lowest BCUT2D eigenvalue weighted by Gasteiger charge is -1.85. The van der Waals surface area contributed by atoms with Crippen LogP contribution in [0.1, 0.15) is 15.4 Å². The van der Waals surface area contributed by atoms with Crippen molar-refractivity contribution < 1.29 is 14.3 Å². The summed E-state index contributed by atoms with van der Waals surface area (Å²) in [6.07, 6.45) is 3.08. The summed E-state index contributed by atoms with van der Waals surface area (Å²) in [6.45, 7) is 1.74. The van der Waals surface area contributed by atoms with Crippen molar-refractivity contribution >= 4 is 17.3 Å². The van der Waals surface area contributed by atoms with Gasteiger partial charge in [-0.15, -0.1) is 11.3 Å². The SMILES string of the molecule is Cc1sc(-c2ccoc2)nc1C(=O)O. The molecule has 2 aromatic heterocycles. The van der Waals surface area contributed by atoms with Crippen molar-refractivity contribution in [2.75, 3.05) is 0 Å². The van der Waals surface area contributed by atoms with Gasteiger partial charge in [0.15, 0.2) is 5.69 Å². The minimum absolute atomic E-state index is 0.117. The predicted octanol–water partition coefficient (Wildman–Crippen LogP) is 2.41. The summed E-state index contributed by atoms with van der Waals surface area (Å²) >= 11 is 1.35. The maximum Gasteiger partial charge on any atom is 0.355 e. The van der Waals surface area contributed by atoms with Gasteiger partial charge in [-0.1, -0.05) is 0 Å². The molecule has 0 aromatic carbocycles. The topological polar surface area (TPSA) is 63.3 Å². The van der Waals surface area contributed by atoms with Crippen LogP contribution < -0.4 is 0 Å². The van der Waals surface area contributed by atoms with Gasteiger partial charge in [0.25, 0.3) is 0 Å². The number of aromatic carboxylic acids is 1. The highest BCUT2D eigenvalue weighted by atomic mass is 32.1. The van der Waals surface area contributed by atoms with Crippen LogP contribution in [0, 0.1) is 6.92 Å². The third-order valence-electron chi connectivity index (χ3n) is 1.77. The van der Waals surface area contributed by atoms with Crippen LogP contribution in [0.5, 0.6) is 0 Å². The summed E-state index contributed by atoms with van der Waals surface area (Å²) < 4.78 is 4.90. The number of hydrogen-bond donors (Lipinski definition) is 1. The van der Waals surface area contributed by atoms with Crippen molar-refractivity contribution in [3.05, 3.63) is 29.2 Å². The number of carboxylic acids is 1. The highest BCUT2D eigenvalue weighted by Gasteiger charge is 2.15. The van der Waals surface area contributed by atoms with E-state index in [-0.39, 0.29) is 5.69 Å². The second-order valence-electron chi connectivity index (χ2n) is 2.74. The number of carbonyl (C=O) groups is 1. The van der Waals surface area contributed by atoms with Crippen molar-refractivity contribution in [1.29, 1.82) is 0 Å². The molecule has 0 saturated heterocycles. The monoisotopic (exact) mass is 209 g/mol. The van der Waals surface area contributed by atoms with E-state index in [1.807, 2.05) is 0 Å². The molecule has 0 aliphatic rings. The lowest BCUT2D eigenvalue weighted by Crippen LogP contribution is -1.98. The molecule has 5 heteroatoms. The smallest absolute Gasteiger partial charge is 0.355 e. The summed E-state index contributed by atoms with van der Waals surface area (Å²) in [5.74, 6) is -0.992. The highest BCUT2D eigenvalue weighted by molar-refractivity contribution is 7.15. The molecule has 4 nitrogen and oxygen atoms in total. The molecule has 0 radical (unpaired) electrons. The quantitative estimate of drug-likeness (QED) is 0.824. The Bertz CT molecular complexity index is 458. The minimum Gasteiger partial charge on any atom is -0.476 e. The third-order valence-corrected chi connectivity index (χ3v) is 2.79. The molecular formula is C9H7NO3S. The Labute approximate surface area is 83.8 Å². The largest absolute Gasteiger partial charge is 0.476 e. The fraction of sp³-hybridized carbons (Fsp3) is 0.111. The number of hydrogen-bond acceptors (Lipinski definition) is 4. The van der Waals surface area contributed by atoms with Crippen LogP contribution in [0.4, 0.5) is 0 Å². The fourth-order valence-electron chi connectivity index (χ4n) is 1.10. The minimum atomic E-state index is -0.992. The molecule has 0 bridgehead atoms. The van der Waals surface area contributed by atoms with Gasteiger partial charge < -0.3 is 9.52 Å². The molecule has 0 aliphatic heterocycles. The first-order chi connectivity index (χ1) is 6.68. The molecule has 0 spiro atoms. The Morgan fingerprint density at radius 3 is 2.93 bits per heavy atom. The van der Waals surface area contributed by atoms with E-state index in [0.29, 0.717) is 9.88 Å². The average molecular weight is 209 g/mol. The van der Waals surface area contributed by atoms with Crippen molar-refractivity contribution in [3.63, 3.8) is 0 Å². The highest BCUT2D eigenvalue weighted by Crippen LogP contribution is 2.27. The normalized spacial score (nSPS) is 10.4. The van der Waals surface area contributed by atoms with Crippen LogP contribution >= 0.6 is 11.3 Å². The zero-order valence-corrected chi connectivity index (χ0v) is 8.17. The lowest BCUT2D eigenvalue weighted by atomic mass is 10.3. The van der Waals surface area contributed by atoms with E-state index < -0.39 is 5.97 Å². The molecule has 0 amide bonds. The second-order valence-corrected chi connectivity index (χ2v) is 3.94. The number of rotatable bonds is 2. The Morgan fingerprint density at radius 2 is 2.43 bits per heavy atom. The summed E-state index contributed by atoms with van der Waals surface area (Å²) in [5, 5.41) is 9.47. The fourth-order valence-corrected chi connectivity index (χ4v) is 2.00. The standard InChI is InChI=1S/C9H7NO3S/c1-5-7(9(11)12)10-8(14-5)6-2-3-13-4-6/h2-4H,1H3,(H,11,12). The number of aryl methyl sites for hydroxylation is 1. The van der Waals surface area contributed by atoms with Gasteiger partial charge in [0, 0.05) is 10.4 Å². The predicted molar refractivity (Wildman–Crippen MR) is 51.5 cm³/mol. The van der Waals surface area contributed by atoms with Crippen LogP contribution in [0.15, 0.2) is 23.0 Å². The molecule has 2 heterocycles. The Hall–Kier alpha value is -1.62. The van der Waals surface area contributed by atoms with E-state index in [0.717, 1.165) is 5.56 Å². The first kappa shape index (κ1) is 8.96. The molecule has 0 unspecified atom stereocenters. The average Bonchev–Trinajstić information content (AvgIpc) is 2.70. The number of nitrogens with zero attached hydrogens (tertiary/aromatic N) is 1. The molecule has 2 rings (SSSR count). The second kappa shape index (κ2) is 3.26. The first-order valence-corrected chi connectivity index (χ1v) is 4.73. The maximum atomic E-state index is 10.7. The number of furan rings is 1. The van der Waals surface area contributed by atoms with E-state index in [1.54, 1.807) is 19.3 Å². The Balaban J connectivity index is 2.48. The van der Waals surface area contributed by atoms with E-state index in [9.17, 15) is 4.79 Å². The van der Waals surface area contributed by atoms with Gasteiger partial charge in [0.05, 0.1) is 6.26 Å². The molecule has 0 aliphatic carbocycles. The first-order valence-electron chi connectivity index (χ1n) is 3.92. The van der Waals surface area contributed by atoms with Crippen molar-refractivity contribution in [2.24, 2.45) is 0 Å². The van der Waals surface area contributed by atoms with Gasteiger partial charge in [0.1, 0.15) is 11.3 Å². The zero-order valence-electron chi connectivity index (χ0n) is 7.35. The zero-order chi connectivity index (χ0) is 10.1. The van der Waals surface area contributed by atoms with Crippen molar-refractivity contribution in [3.8, 4) is 10.6 Å². The van der Waals surface area contributed by atoms with Crippen LogP contribution in [0.3, 0.4) is 0 Å². The molecule has 14 heavy (non-hydrogen) atoms. The van der Waals surface area contributed by atoms with Gasteiger partial charge in [-0.05, 0) is 13.0 Å². The molecule has 0 atom stereocenters. The number of carboxylic acid groups (broad SMARTS) is 1. The lowest BCUT2D eigenvalue weighted by molar-refractivity contribution is 0.0690. The van der Waals surface area contributed by atoms with Crippen LogP contribution in [0.2, 0.25) is 0 Å². The van der Waals surface area contributed by atoms with E-state index >= 15 is 0 Å². The van der Waals surface area contributed by atoms with Crippen LogP contribution in [0.25, 0.3) is 10.6 Å². The van der Waals surface area contributed by atoms with Crippen molar-refractivity contribution in [2.45, 2.75) is 6.92 Å². The molecule has 1 N–H and O–H groups in total. The van der Waals surface area contributed by atoms with E-state index in [4.69, 9.17) is 9.52 Å². The van der Waals surface area contributed by atoms with Gasteiger partial charge >= 0.3 is 5.97 Å².